The molecule has 0 saturated heterocycles. The molecule has 0 saturated carbocycles. The van der Waals surface area contributed by atoms with Crippen molar-refractivity contribution in [1.29, 1.82) is 0 Å². The number of hydrogen-bond acceptors (Lipinski definition) is 4. The van der Waals surface area contributed by atoms with E-state index in [-0.39, 0.29) is 6.03 Å². The number of nitrogens with one attached hydrogen (secondary N) is 2. The molecule has 0 aliphatic heterocycles. The zero-order chi connectivity index (χ0) is 19.9. The zero-order valence-corrected chi connectivity index (χ0v) is 15.9. The van der Waals surface area contributed by atoms with Crippen molar-refractivity contribution >= 4 is 22.5 Å². The molecule has 0 heterocycles. The summed E-state index contributed by atoms with van der Waals surface area (Å²) in [4.78, 5) is 12.2. The molecule has 3 aromatic rings. The van der Waals surface area contributed by atoms with Gasteiger partial charge in [0.25, 0.3) is 0 Å². The summed E-state index contributed by atoms with van der Waals surface area (Å²) in [5.41, 5.74) is 1.42. The van der Waals surface area contributed by atoms with Crippen LogP contribution in [0.4, 0.5) is 10.5 Å². The number of urea groups is 1. The molecule has 146 valence electrons. The van der Waals surface area contributed by atoms with Gasteiger partial charge in [0.2, 0.25) is 0 Å². The predicted molar refractivity (Wildman–Crippen MR) is 110 cm³/mol. The van der Waals surface area contributed by atoms with Crippen molar-refractivity contribution in [2.75, 3.05) is 26.1 Å². The summed E-state index contributed by atoms with van der Waals surface area (Å²) in [6.07, 6.45) is -0.258. The summed E-state index contributed by atoms with van der Waals surface area (Å²) >= 11 is 0. The number of benzene rings is 3. The minimum absolute atomic E-state index is 0.331. The van der Waals surface area contributed by atoms with Crippen molar-refractivity contribution in [1.82, 2.24) is 5.32 Å². The third-order valence-corrected chi connectivity index (χ3v) is 4.50. The SMILES string of the molecule is COc1cc(NC(=O)NCC[C@H](O)c2cccc3ccccc23)cc(OC)c1. The number of ether oxygens (including phenoxy) is 2. The van der Waals surface area contributed by atoms with E-state index in [0.717, 1.165) is 16.3 Å². The van der Waals surface area contributed by atoms with Crippen LogP contribution in [0.2, 0.25) is 0 Å². The number of carbonyl (C=O) groups is 1. The van der Waals surface area contributed by atoms with Gasteiger partial charge < -0.3 is 25.2 Å². The molecule has 0 aliphatic rings. The van der Waals surface area contributed by atoms with Crippen LogP contribution in [0.1, 0.15) is 18.1 Å². The number of fused-ring (bicyclic) bond motifs is 1. The van der Waals surface area contributed by atoms with Crippen molar-refractivity contribution in [3.63, 3.8) is 0 Å². The quantitative estimate of drug-likeness (QED) is 0.576. The maximum Gasteiger partial charge on any atom is 0.319 e. The normalized spacial score (nSPS) is 11.7. The number of aliphatic hydroxyl groups is 1. The minimum Gasteiger partial charge on any atom is -0.497 e. The number of hydrogen-bond donors (Lipinski definition) is 3. The smallest absolute Gasteiger partial charge is 0.319 e. The van der Waals surface area contributed by atoms with Crippen molar-refractivity contribution in [2.45, 2.75) is 12.5 Å². The van der Waals surface area contributed by atoms with E-state index < -0.39 is 6.10 Å². The molecule has 0 bridgehead atoms. The summed E-state index contributed by atoms with van der Waals surface area (Å²) < 4.78 is 10.4. The molecular formula is C22H24N2O4. The Kier molecular flexibility index (Phi) is 6.34. The Morgan fingerprint density at radius 2 is 1.68 bits per heavy atom. The van der Waals surface area contributed by atoms with E-state index in [4.69, 9.17) is 9.47 Å². The average Bonchev–Trinajstić information content (AvgIpc) is 2.72. The number of amides is 2. The number of carbonyl (C=O) groups excluding carboxylic acids is 1. The summed E-state index contributed by atoms with van der Waals surface area (Å²) in [5.74, 6) is 1.17. The summed E-state index contributed by atoms with van der Waals surface area (Å²) in [7, 11) is 3.10. The lowest BCUT2D eigenvalue weighted by Crippen LogP contribution is -2.30. The molecule has 3 N–H and O–H groups in total. The van der Waals surface area contributed by atoms with E-state index in [9.17, 15) is 9.90 Å². The third-order valence-electron chi connectivity index (χ3n) is 4.50. The first-order valence-electron chi connectivity index (χ1n) is 9.04. The highest BCUT2D eigenvalue weighted by molar-refractivity contribution is 5.89. The Morgan fingerprint density at radius 1 is 1.00 bits per heavy atom. The van der Waals surface area contributed by atoms with Crippen LogP contribution in [0.25, 0.3) is 10.8 Å². The molecule has 3 rings (SSSR count). The second kappa shape index (κ2) is 9.10. The van der Waals surface area contributed by atoms with Gasteiger partial charge in [-0.25, -0.2) is 4.79 Å². The standard InChI is InChI=1S/C22H24N2O4/c1-27-17-12-16(13-18(14-17)28-2)24-22(26)23-11-10-21(25)20-9-5-7-15-6-3-4-8-19(15)20/h3-9,12-14,21,25H,10-11H2,1-2H3,(H2,23,24,26)/t21-/m0/s1. The van der Waals surface area contributed by atoms with Crippen LogP contribution in [0.3, 0.4) is 0 Å². The largest absolute Gasteiger partial charge is 0.497 e. The van der Waals surface area contributed by atoms with Crippen molar-refractivity contribution < 1.29 is 19.4 Å². The van der Waals surface area contributed by atoms with Crippen LogP contribution < -0.4 is 20.1 Å². The van der Waals surface area contributed by atoms with Gasteiger partial charge in [-0.2, -0.15) is 0 Å². The van der Waals surface area contributed by atoms with Gasteiger partial charge in [0.1, 0.15) is 11.5 Å². The summed E-state index contributed by atoms with van der Waals surface area (Å²) in [6, 6.07) is 18.5. The van der Waals surface area contributed by atoms with E-state index in [2.05, 4.69) is 10.6 Å². The summed E-state index contributed by atoms with van der Waals surface area (Å²) in [6.45, 7) is 0.331. The number of rotatable bonds is 7. The second-order valence-corrected chi connectivity index (χ2v) is 6.36. The first kappa shape index (κ1) is 19.5. The molecule has 0 spiro atoms. The number of methoxy groups -OCH3 is 2. The van der Waals surface area contributed by atoms with Crippen LogP contribution >= 0.6 is 0 Å². The third kappa shape index (κ3) is 4.72. The topological polar surface area (TPSA) is 79.8 Å². The minimum atomic E-state index is -0.664. The average molecular weight is 380 g/mol. The molecule has 2 amide bonds. The predicted octanol–water partition coefficient (Wildman–Crippen LogP) is 4.10. The Morgan fingerprint density at radius 3 is 2.39 bits per heavy atom. The molecule has 0 radical (unpaired) electrons. The second-order valence-electron chi connectivity index (χ2n) is 6.36. The highest BCUT2D eigenvalue weighted by Crippen LogP contribution is 2.27. The molecule has 0 aromatic heterocycles. The summed E-state index contributed by atoms with van der Waals surface area (Å²) in [5, 5.41) is 18.2. The van der Waals surface area contributed by atoms with Gasteiger partial charge in [-0.3, -0.25) is 0 Å². The van der Waals surface area contributed by atoms with Gasteiger partial charge >= 0.3 is 6.03 Å². The first-order chi connectivity index (χ1) is 13.6. The highest BCUT2D eigenvalue weighted by Gasteiger charge is 2.12. The van der Waals surface area contributed by atoms with Gasteiger partial charge in [0, 0.05) is 30.4 Å². The lowest BCUT2D eigenvalue weighted by molar-refractivity contribution is 0.169. The number of anilines is 1. The number of aliphatic hydroxyl groups excluding tert-OH is 1. The van der Waals surface area contributed by atoms with Crippen LogP contribution in [0, 0.1) is 0 Å². The lowest BCUT2D eigenvalue weighted by atomic mass is 9.99. The Hall–Kier alpha value is -3.25. The molecule has 0 unspecified atom stereocenters. The lowest BCUT2D eigenvalue weighted by Gasteiger charge is -2.15. The highest BCUT2D eigenvalue weighted by atomic mass is 16.5. The molecule has 1 atom stereocenters. The fourth-order valence-corrected chi connectivity index (χ4v) is 3.07. The van der Waals surface area contributed by atoms with Crippen LogP contribution in [0.5, 0.6) is 11.5 Å². The van der Waals surface area contributed by atoms with Crippen molar-refractivity contribution in [3.05, 3.63) is 66.2 Å². The molecule has 0 fully saturated rings. The van der Waals surface area contributed by atoms with E-state index in [1.807, 2.05) is 42.5 Å². The molecular weight excluding hydrogens is 356 g/mol. The van der Waals surface area contributed by atoms with Gasteiger partial charge in [0.15, 0.2) is 0 Å². The van der Waals surface area contributed by atoms with Crippen LogP contribution in [-0.4, -0.2) is 31.9 Å². The Bertz CT molecular complexity index is 931. The van der Waals surface area contributed by atoms with Crippen LogP contribution in [-0.2, 0) is 0 Å². The fourth-order valence-electron chi connectivity index (χ4n) is 3.07. The first-order valence-corrected chi connectivity index (χ1v) is 9.04. The maximum atomic E-state index is 12.2. The molecule has 6 nitrogen and oxygen atoms in total. The Balaban J connectivity index is 1.56. The monoisotopic (exact) mass is 380 g/mol. The maximum absolute atomic E-state index is 12.2. The molecule has 0 aliphatic carbocycles. The Labute approximate surface area is 164 Å². The van der Waals surface area contributed by atoms with E-state index >= 15 is 0 Å². The van der Waals surface area contributed by atoms with E-state index in [1.54, 1.807) is 32.4 Å². The van der Waals surface area contributed by atoms with E-state index in [1.165, 1.54) is 0 Å². The molecule has 3 aromatic carbocycles. The van der Waals surface area contributed by atoms with Crippen LogP contribution in [0.15, 0.2) is 60.7 Å². The van der Waals surface area contributed by atoms with Gasteiger partial charge in [-0.1, -0.05) is 42.5 Å². The van der Waals surface area contributed by atoms with Crippen molar-refractivity contribution in [3.8, 4) is 11.5 Å². The van der Waals surface area contributed by atoms with Gasteiger partial charge in [-0.15, -0.1) is 0 Å². The fraction of sp³-hybridized carbons (Fsp3) is 0.227. The van der Waals surface area contributed by atoms with Crippen molar-refractivity contribution in [2.24, 2.45) is 0 Å². The van der Waals surface area contributed by atoms with E-state index in [0.29, 0.717) is 30.2 Å². The molecule has 28 heavy (non-hydrogen) atoms. The molecule has 6 heteroatoms. The van der Waals surface area contributed by atoms with Gasteiger partial charge in [0.05, 0.1) is 20.3 Å². The zero-order valence-electron chi connectivity index (χ0n) is 15.9. The van der Waals surface area contributed by atoms with Gasteiger partial charge in [-0.05, 0) is 22.8 Å².